The molecule has 1 atom stereocenters. The summed E-state index contributed by atoms with van der Waals surface area (Å²) in [5.74, 6) is 5.50. The first-order chi connectivity index (χ1) is 9.29. The summed E-state index contributed by atoms with van der Waals surface area (Å²) in [4.78, 5) is 2.81. The van der Waals surface area contributed by atoms with Crippen molar-refractivity contribution in [2.75, 3.05) is 26.2 Å². The van der Waals surface area contributed by atoms with Crippen LogP contribution >= 0.6 is 0 Å². The van der Waals surface area contributed by atoms with Gasteiger partial charge in [0.15, 0.2) is 0 Å². The molecular weight excluding hydrogens is 232 g/mol. The fourth-order valence-electron chi connectivity index (χ4n) is 5.94. The average Bonchev–Trinajstić information content (AvgIpc) is 2.58. The minimum absolute atomic E-state index is 0.798. The van der Waals surface area contributed by atoms with E-state index in [0.29, 0.717) is 0 Å². The highest BCUT2D eigenvalue weighted by molar-refractivity contribution is 4.99. The second-order valence-electron chi connectivity index (χ2n) is 7.98. The molecule has 1 unspecified atom stereocenters. The van der Waals surface area contributed by atoms with Crippen molar-refractivity contribution in [2.45, 2.75) is 51.5 Å². The van der Waals surface area contributed by atoms with Gasteiger partial charge in [-0.2, -0.15) is 0 Å². The van der Waals surface area contributed by atoms with Crippen LogP contribution in [-0.2, 0) is 0 Å². The fraction of sp³-hybridized carbons (Fsp3) is 1.00. The van der Waals surface area contributed by atoms with Crippen molar-refractivity contribution < 1.29 is 0 Å². The van der Waals surface area contributed by atoms with Gasteiger partial charge in [0, 0.05) is 25.7 Å². The molecule has 0 amide bonds. The van der Waals surface area contributed by atoms with Crippen LogP contribution < -0.4 is 5.32 Å². The molecule has 1 aliphatic heterocycles. The first-order valence-corrected chi connectivity index (χ1v) is 8.74. The predicted octanol–water partition coefficient (Wildman–Crippen LogP) is 2.74. The Morgan fingerprint density at radius 2 is 1.63 bits per heavy atom. The molecular formula is C17H30N2. The van der Waals surface area contributed by atoms with Crippen molar-refractivity contribution in [2.24, 2.45) is 29.6 Å². The Labute approximate surface area is 118 Å². The molecule has 108 valence electrons. The lowest BCUT2D eigenvalue weighted by atomic mass is 9.52. The van der Waals surface area contributed by atoms with E-state index in [1.807, 2.05) is 0 Å². The van der Waals surface area contributed by atoms with Crippen molar-refractivity contribution in [1.29, 1.82) is 0 Å². The quantitative estimate of drug-likeness (QED) is 0.823. The van der Waals surface area contributed by atoms with Crippen LogP contribution in [-0.4, -0.2) is 37.1 Å². The van der Waals surface area contributed by atoms with E-state index >= 15 is 0 Å². The second-order valence-corrected chi connectivity index (χ2v) is 7.98. The van der Waals surface area contributed by atoms with E-state index in [4.69, 9.17) is 0 Å². The molecule has 0 radical (unpaired) electrons. The molecule has 0 aromatic heterocycles. The van der Waals surface area contributed by atoms with Gasteiger partial charge < -0.3 is 5.32 Å². The van der Waals surface area contributed by atoms with E-state index in [1.54, 1.807) is 32.1 Å². The molecule has 0 spiro atoms. The van der Waals surface area contributed by atoms with Crippen LogP contribution in [0.5, 0.6) is 0 Å². The second kappa shape index (κ2) is 5.04. The maximum atomic E-state index is 3.57. The van der Waals surface area contributed by atoms with Gasteiger partial charge >= 0.3 is 0 Å². The number of hydrogen-bond donors (Lipinski definition) is 1. The van der Waals surface area contributed by atoms with Crippen molar-refractivity contribution in [3.8, 4) is 0 Å². The normalized spacial score (nSPS) is 50.4. The molecule has 0 aromatic carbocycles. The molecule has 19 heavy (non-hydrogen) atoms. The molecule has 1 N–H and O–H groups in total. The largest absolute Gasteiger partial charge is 0.315 e. The van der Waals surface area contributed by atoms with Crippen LogP contribution in [0.1, 0.15) is 45.4 Å². The van der Waals surface area contributed by atoms with Crippen molar-refractivity contribution >= 4 is 0 Å². The standard InChI is InChI=1S/C17H30N2/c1-12-2-3-18-4-5-19(12)11-17-15-7-13-6-14(9-15)10-16(17)8-13/h12-18H,2-11H2,1H3. The lowest BCUT2D eigenvalue weighted by Crippen LogP contribution is -2.50. The molecule has 4 bridgehead atoms. The van der Waals surface area contributed by atoms with Gasteiger partial charge in [0.05, 0.1) is 0 Å². The zero-order chi connectivity index (χ0) is 12.8. The zero-order valence-electron chi connectivity index (χ0n) is 12.5. The third-order valence-corrected chi connectivity index (χ3v) is 6.81. The fourth-order valence-corrected chi connectivity index (χ4v) is 5.94. The Bertz CT molecular complexity index is 299. The Morgan fingerprint density at radius 1 is 0.947 bits per heavy atom. The van der Waals surface area contributed by atoms with E-state index in [9.17, 15) is 0 Å². The maximum absolute atomic E-state index is 3.57. The third kappa shape index (κ3) is 2.35. The van der Waals surface area contributed by atoms with E-state index in [0.717, 1.165) is 35.6 Å². The van der Waals surface area contributed by atoms with Gasteiger partial charge in [0.25, 0.3) is 0 Å². The van der Waals surface area contributed by atoms with Gasteiger partial charge in [0.2, 0.25) is 0 Å². The monoisotopic (exact) mass is 262 g/mol. The van der Waals surface area contributed by atoms with E-state index in [2.05, 4.69) is 17.1 Å². The van der Waals surface area contributed by atoms with Crippen LogP contribution in [0.25, 0.3) is 0 Å². The first kappa shape index (κ1) is 12.6. The average molecular weight is 262 g/mol. The van der Waals surface area contributed by atoms with E-state index in [1.165, 1.54) is 32.6 Å². The van der Waals surface area contributed by atoms with E-state index in [-0.39, 0.29) is 0 Å². The summed E-state index contributed by atoms with van der Waals surface area (Å²) in [5, 5.41) is 3.57. The van der Waals surface area contributed by atoms with Crippen molar-refractivity contribution in [3.05, 3.63) is 0 Å². The molecule has 4 saturated carbocycles. The highest BCUT2D eigenvalue weighted by Gasteiger charge is 2.48. The lowest BCUT2D eigenvalue weighted by molar-refractivity contribution is -0.0520. The first-order valence-electron chi connectivity index (χ1n) is 8.74. The summed E-state index contributed by atoms with van der Waals surface area (Å²) in [6, 6.07) is 0.798. The Morgan fingerprint density at radius 3 is 2.32 bits per heavy atom. The number of nitrogens with one attached hydrogen (secondary N) is 1. The van der Waals surface area contributed by atoms with Crippen LogP contribution in [0.3, 0.4) is 0 Å². The van der Waals surface area contributed by atoms with Crippen LogP contribution in [0, 0.1) is 29.6 Å². The summed E-state index contributed by atoms with van der Waals surface area (Å²) in [5.41, 5.74) is 0. The van der Waals surface area contributed by atoms with Gasteiger partial charge in [-0.05, 0) is 81.6 Å². The van der Waals surface area contributed by atoms with E-state index < -0.39 is 0 Å². The molecule has 2 nitrogen and oxygen atoms in total. The summed E-state index contributed by atoms with van der Waals surface area (Å²) in [6.45, 7) is 7.57. The molecule has 5 aliphatic rings. The third-order valence-electron chi connectivity index (χ3n) is 6.81. The summed E-state index contributed by atoms with van der Waals surface area (Å²) >= 11 is 0. The SMILES string of the molecule is CC1CCNCCN1CC1C2CC3CC(C2)CC1C3. The van der Waals surface area contributed by atoms with Gasteiger partial charge in [-0.25, -0.2) is 0 Å². The van der Waals surface area contributed by atoms with Crippen molar-refractivity contribution in [1.82, 2.24) is 10.2 Å². The van der Waals surface area contributed by atoms with Gasteiger partial charge in [-0.1, -0.05) is 0 Å². The molecule has 5 fully saturated rings. The molecule has 5 rings (SSSR count). The zero-order valence-corrected chi connectivity index (χ0v) is 12.5. The Hall–Kier alpha value is -0.0800. The minimum atomic E-state index is 0.798. The Kier molecular flexibility index (Phi) is 3.35. The molecule has 1 saturated heterocycles. The maximum Gasteiger partial charge on any atom is 0.0110 e. The highest BCUT2D eigenvalue weighted by Crippen LogP contribution is 2.56. The topological polar surface area (TPSA) is 15.3 Å². The molecule has 0 aromatic rings. The molecule has 1 heterocycles. The summed E-state index contributed by atoms with van der Waals surface area (Å²) in [6.07, 6.45) is 9.25. The smallest absolute Gasteiger partial charge is 0.0110 e. The van der Waals surface area contributed by atoms with Crippen LogP contribution in [0.2, 0.25) is 0 Å². The number of hydrogen-bond acceptors (Lipinski definition) is 2. The summed E-state index contributed by atoms with van der Waals surface area (Å²) < 4.78 is 0. The van der Waals surface area contributed by atoms with Gasteiger partial charge in [-0.3, -0.25) is 4.90 Å². The lowest BCUT2D eigenvalue weighted by Gasteiger charge is -2.55. The predicted molar refractivity (Wildman–Crippen MR) is 79.1 cm³/mol. The van der Waals surface area contributed by atoms with Gasteiger partial charge in [-0.15, -0.1) is 0 Å². The Balaban J connectivity index is 1.44. The molecule has 4 aliphatic carbocycles. The van der Waals surface area contributed by atoms with Gasteiger partial charge in [0.1, 0.15) is 0 Å². The summed E-state index contributed by atoms with van der Waals surface area (Å²) in [7, 11) is 0. The molecule has 2 heteroatoms. The number of nitrogens with zero attached hydrogens (tertiary/aromatic N) is 1. The van der Waals surface area contributed by atoms with Crippen molar-refractivity contribution in [3.63, 3.8) is 0 Å². The minimum Gasteiger partial charge on any atom is -0.315 e. The number of rotatable bonds is 2. The highest BCUT2D eigenvalue weighted by atomic mass is 15.2. The van der Waals surface area contributed by atoms with Crippen LogP contribution in [0.4, 0.5) is 0 Å². The van der Waals surface area contributed by atoms with Crippen LogP contribution in [0.15, 0.2) is 0 Å².